The van der Waals surface area contributed by atoms with E-state index in [-0.39, 0.29) is 18.4 Å². The van der Waals surface area contributed by atoms with E-state index >= 15 is 0 Å². The number of nitrogens with zero attached hydrogens (tertiary/aromatic N) is 1. The third kappa shape index (κ3) is 5.64. The van der Waals surface area contributed by atoms with E-state index in [1.54, 1.807) is 19.2 Å². The summed E-state index contributed by atoms with van der Waals surface area (Å²) in [6, 6.07) is 7.63. The molecular weight excluding hydrogens is 332 g/mol. The molecule has 0 bridgehead atoms. The lowest BCUT2D eigenvalue weighted by atomic mass is 9.93. The molecule has 142 valence electrons. The number of nitrogens with one attached hydrogen (secondary N) is 1. The van der Waals surface area contributed by atoms with E-state index in [2.05, 4.69) is 5.32 Å². The molecule has 1 N–H and O–H groups in total. The zero-order chi connectivity index (χ0) is 18.4. The summed E-state index contributed by atoms with van der Waals surface area (Å²) in [7, 11) is 1.61. The molecule has 26 heavy (non-hydrogen) atoms. The molecule has 2 aliphatic rings. The Morgan fingerprint density at radius 3 is 2.58 bits per heavy atom. The monoisotopic (exact) mass is 360 g/mol. The van der Waals surface area contributed by atoms with Gasteiger partial charge in [0, 0.05) is 25.6 Å². The van der Waals surface area contributed by atoms with Gasteiger partial charge in [0.05, 0.1) is 7.11 Å². The Labute approximate surface area is 154 Å². The van der Waals surface area contributed by atoms with E-state index in [0.29, 0.717) is 24.1 Å². The summed E-state index contributed by atoms with van der Waals surface area (Å²) in [5.41, 5.74) is 0. The van der Waals surface area contributed by atoms with E-state index in [9.17, 15) is 9.59 Å². The molecule has 0 spiro atoms. The largest absolute Gasteiger partial charge is 0.497 e. The van der Waals surface area contributed by atoms with E-state index in [1.807, 2.05) is 17.0 Å². The van der Waals surface area contributed by atoms with Crippen molar-refractivity contribution >= 4 is 11.8 Å². The first-order valence-electron chi connectivity index (χ1n) is 9.48. The Morgan fingerprint density at radius 2 is 1.88 bits per heavy atom. The highest BCUT2D eigenvalue weighted by Gasteiger charge is 2.26. The minimum absolute atomic E-state index is 0.00736. The molecule has 1 aromatic carbocycles. The number of carbonyl (C=O) groups is 2. The number of amides is 2. The van der Waals surface area contributed by atoms with Gasteiger partial charge in [0.15, 0.2) is 6.61 Å². The number of likely N-dealkylation sites (tertiary alicyclic amines) is 1. The van der Waals surface area contributed by atoms with Crippen molar-refractivity contribution in [1.82, 2.24) is 10.2 Å². The van der Waals surface area contributed by atoms with Crippen LogP contribution in [-0.4, -0.2) is 49.6 Å². The minimum Gasteiger partial charge on any atom is -0.497 e. The van der Waals surface area contributed by atoms with Gasteiger partial charge in [-0.05, 0) is 62.3 Å². The fourth-order valence-electron chi connectivity index (χ4n) is 3.30. The van der Waals surface area contributed by atoms with Crippen LogP contribution >= 0.6 is 0 Å². The number of ether oxygens (including phenoxy) is 2. The van der Waals surface area contributed by atoms with Crippen LogP contribution in [0.25, 0.3) is 0 Å². The quantitative estimate of drug-likeness (QED) is 0.773. The second kappa shape index (κ2) is 8.92. The van der Waals surface area contributed by atoms with Gasteiger partial charge < -0.3 is 19.7 Å². The fraction of sp³-hybridized carbons (Fsp3) is 0.600. The fourth-order valence-corrected chi connectivity index (χ4v) is 3.30. The first-order chi connectivity index (χ1) is 12.6. The summed E-state index contributed by atoms with van der Waals surface area (Å²) in [6.07, 6.45) is 5.72. The smallest absolute Gasteiger partial charge is 0.260 e. The maximum Gasteiger partial charge on any atom is 0.260 e. The minimum atomic E-state index is 0.00736. The zero-order valence-corrected chi connectivity index (χ0v) is 15.4. The lowest BCUT2D eigenvalue weighted by Crippen LogP contribution is -2.42. The summed E-state index contributed by atoms with van der Waals surface area (Å²) in [6.45, 7) is 1.54. The van der Waals surface area contributed by atoms with Gasteiger partial charge in [-0.2, -0.15) is 0 Å². The summed E-state index contributed by atoms with van der Waals surface area (Å²) < 4.78 is 10.7. The standard InChI is InChI=1S/C20H28N2O4/c1-25-17-7-9-18(10-8-17)26-14-20(24)22-12-2-3-15(13-22)4-11-19(23)21-16-5-6-16/h7-10,15-16H,2-6,11-14H2,1H3,(H,21,23). The lowest BCUT2D eigenvalue weighted by molar-refractivity contribution is -0.135. The van der Waals surface area contributed by atoms with Crippen LogP contribution in [-0.2, 0) is 9.59 Å². The number of carbonyl (C=O) groups excluding carboxylic acids is 2. The highest BCUT2D eigenvalue weighted by Crippen LogP contribution is 2.23. The maximum atomic E-state index is 12.4. The number of piperidine rings is 1. The lowest BCUT2D eigenvalue weighted by Gasteiger charge is -2.32. The predicted molar refractivity (Wildman–Crippen MR) is 98.2 cm³/mol. The SMILES string of the molecule is COc1ccc(OCC(=O)N2CCCC(CCC(=O)NC3CC3)C2)cc1. The van der Waals surface area contributed by atoms with Crippen molar-refractivity contribution in [3.8, 4) is 11.5 Å². The van der Waals surface area contributed by atoms with Crippen LogP contribution in [0.15, 0.2) is 24.3 Å². The van der Waals surface area contributed by atoms with E-state index in [4.69, 9.17) is 9.47 Å². The van der Waals surface area contributed by atoms with Crippen molar-refractivity contribution in [3.05, 3.63) is 24.3 Å². The van der Waals surface area contributed by atoms with Gasteiger partial charge in [0.2, 0.25) is 5.91 Å². The average molecular weight is 360 g/mol. The molecule has 1 aliphatic carbocycles. The number of rotatable bonds is 8. The van der Waals surface area contributed by atoms with Crippen LogP contribution in [0.1, 0.15) is 38.5 Å². The van der Waals surface area contributed by atoms with Gasteiger partial charge >= 0.3 is 0 Å². The molecule has 1 aromatic rings. The summed E-state index contributed by atoms with van der Waals surface area (Å²) >= 11 is 0. The molecule has 3 rings (SSSR count). The molecule has 2 fully saturated rings. The Balaban J connectivity index is 1.39. The van der Waals surface area contributed by atoms with E-state index < -0.39 is 0 Å². The Hall–Kier alpha value is -2.24. The highest BCUT2D eigenvalue weighted by molar-refractivity contribution is 5.78. The topological polar surface area (TPSA) is 67.9 Å². The highest BCUT2D eigenvalue weighted by atomic mass is 16.5. The predicted octanol–water partition coefficient (Wildman–Crippen LogP) is 2.37. The first kappa shape index (κ1) is 18.5. The molecule has 0 aromatic heterocycles. The third-order valence-electron chi connectivity index (χ3n) is 5.02. The van der Waals surface area contributed by atoms with Gasteiger partial charge in [-0.25, -0.2) is 0 Å². The van der Waals surface area contributed by atoms with Gasteiger partial charge in [-0.15, -0.1) is 0 Å². The van der Waals surface area contributed by atoms with Crippen LogP contribution < -0.4 is 14.8 Å². The van der Waals surface area contributed by atoms with Crippen molar-refractivity contribution in [1.29, 1.82) is 0 Å². The van der Waals surface area contributed by atoms with Crippen molar-refractivity contribution < 1.29 is 19.1 Å². The van der Waals surface area contributed by atoms with E-state index in [0.717, 1.165) is 50.9 Å². The Morgan fingerprint density at radius 1 is 1.15 bits per heavy atom. The van der Waals surface area contributed by atoms with Crippen molar-refractivity contribution in [3.63, 3.8) is 0 Å². The molecule has 1 heterocycles. The molecule has 1 aliphatic heterocycles. The maximum absolute atomic E-state index is 12.4. The Kier molecular flexibility index (Phi) is 6.36. The number of benzene rings is 1. The summed E-state index contributed by atoms with van der Waals surface area (Å²) in [4.78, 5) is 26.1. The molecule has 2 amide bonds. The van der Waals surface area contributed by atoms with Crippen molar-refractivity contribution in [2.45, 2.75) is 44.6 Å². The molecule has 1 atom stereocenters. The summed E-state index contributed by atoms with van der Waals surface area (Å²) in [5, 5.41) is 3.03. The molecule has 6 heteroatoms. The second-order valence-corrected chi connectivity index (χ2v) is 7.19. The second-order valence-electron chi connectivity index (χ2n) is 7.19. The molecule has 1 unspecified atom stereocenters. The van der Waals surface area contributed by atoms with Crippen LogP contribution in [0.4, 0.5) is 0 Å². The number of methoxy groups -OCH3 is 1. The normalized spacial score (nSPS) is 19.7. The third-order valence-corrected chi connectivity index (χ3v) is 5.02. The van der Waals surface area contributed by atoms with Gasteiger partial charge in [-0.1, -0.05) is 0 Å². The summed E-state index contributed by atoms with van der Waals surface area (Å²) in [5.74, 6) is 1.98. The van der Waals surface area contributed by atoms with Crippen LogP contribution in [0.2, 0.25) is 0 Å². The van der Waals surface area contributed by atoms with Crippen LogP contribution in [0.5, 0.6) is 11.5 Å². The molecule has 0 radical (unpaired) electrons. The Bertz CT molecular complexity index is 613. The van der Waals surface area contributed by atoms with Crippen molar-refractivity contribution in [2.24, 2.45) is 5.92 Å². The average Bonchev–Trinajstić information content (AvgIpc) is 3.49. The van der Waals surface area contributed by atoms with Crippen LogP contribution in [0, 0.1) is 5.92 Å². The van der Waals surface area contributed by atoms with Gasteiger partial charge in [0.1, 0.15) is 11.5 Å². The van der Waals surface area contributed by atoms with Crippen molar-refractivity contribution in [2.75, 3.05) is 26.8 Å². The molecule has 6 nitrogen and oxygen atoms in total. The van der Waals surface area contributed by atoms with Gasteiger partial charge in [-0.3, -0.25) is 9.59 Å². The van der Waals surface area contributed by atoms with Gasteiger partial charge in [0.25, 0.3) is 5.91 Å². The van der Waals surface area contributed by atoms with E-state index in [1.165, 1.54) is 0 Å². The number of hydrogen-bond donors (Lipinski definition) is 1. The molecular formula is C20H28N2O4. The van der Waals surface area contributed by atoms with Crippen LogP contribution in [0.3, 0.4) is 0 Å². The number of hydrogen-bond acceptors (Lipinski definition) is 4. The first-order valence-corrected chi connectivity index (χ1v) is 9.48. The molecule has 1 saturated carbocycles. The molecule has 1 saturated heterocycles. The zero-order valence-electron chi connectivity index (χ0n) is 15.4.